The predicted octanol–water partition coefficient (Wildman–Crippen LogP) is 6.16. The molecule has 2 fully saturated rings. The molecular weight excluding hydrogens is 256 g/mol. The van der Waals surface area contributed by atoms with Crippen molar-refractivity contribution in [3.05, 3.63) is 0 Å². The van der Waals surface area contributed by atoms with Crippen molar-refractivity contribution in [1.82, 2.24) is 0 Å². The number of carbonyl (C=O) groups is 1. The van der Waals surface area contributed by atoms with Crippen molar-refractivity contribution in [2.75, 3.05) is 0 Å². The highest BCUT2D eigenvalue weighted by molar-refractivity contribution is 5.81. The summed E-state index contributed by atoms with van der Waals surface area (Å²) in [7, 11) is 0. The zero-order valence-corrected chi connectivity index (χ0v) is 14.4. The van der Waals surface area contributed by atoms with Crippen molar-refractivity contribution in [3.8, 4) is 0 Å². The maximum Gasteiger partial charge on any atom is 0.135 e. The largest absolute Gasteiger partial charge is 0.299 e. The summed E-state index contributed by atoms with van der Waals surface area (Å²) in [6, 6.07) is 0. The van der Waals surface area contributed by atoms with E-state index in [0.717, 1.165) is 37.0 Å². The molecule has 2 unspecified atom stereocenters. The van der Waals surface area contributed by atoms with Crippen LogP contribution in [0.15, 0.2) is 0 Å². The zero-order chi connectivity index (χ0) is 15.1. The fraction of sp³-hybridized carbons (Fsp3) is 0.950. The molecule has 0 aromatic rings. The first-order valence-electron chi connectivity index (χ1n) is 9.77. The van der Waals surface area contributed by atoms with Gasteiger partial charge in [-0.05, 0) is 56.3 Å². The summed E-state index contributed by atoms with van der Waals surface area (Å²) in [5, 5.41) is 0. The van der Waals surface area contributed by atoms with Crippen molar-refractivity contribution in [2.24, 2.45) is 23.7 Å². The van der Waals surface area contributed by atoms with Crippen molar-refractivity contribution in [3.63, 3.8) is 0 Å². The highest BCUT2D eigenvalue weighted by Gasteiger charge is 2.37. The Labute approximate surface area is 132 Å². The Morgan fingerprint density at radius 1 is 0.857 bits per heavy atom. The van der Waals surface area contributed by atoms with Crippen LogP contribution in [0, 0.1) is 23.7 Å². The second-order valence-electron chi connectivity index (χ2n) is 7.77. The maximum absolute atomic E-state index is 12.3. The van der Waals surface area contributed by atoms with Crippen LogP contribution < -0.4 is 0 Å². The highest BCUT2D eigenvalue weighted by atomic mass is 16.1. The van der Waals surface area contributed by atoms with Crippen LogP contribution >= 0.6 is 0 Å². The summed E-state index contributed by atoms with van der Waals surface area (Å²) in [6.45, 7) is 4.48. The number of hydrogen-bond acceptors (Lipinski definition) is 1. The topological polar surface area (TPSA) is 17.1 Å². The zero-order valence-electron chi connectivity index (χ0n) is 14.4. The highest BCUT2D eigenvalue weighted by Crippen LogP contribution is 2.46. The molecule has 0 amide bonds. The molecule has 0 heterocycles. The summed E-state index contributed by atoms with van der Waals surface area (Å²) in [5.41, 5.74) is 0. The minimum absolute atomic E-state index is 0.425. The maximum atomic E-state index is 12.3. The predicted molar refractivity (Wildman–Crippen MR) is 90.3 cm³/mol. The average molecular weight is 293 g/mol. The lowest BCUT2D eigenvalue weighted by Gasteiger charge is -2.42. The van der Waals surface area contributed by atoms with Gasteiger partial charge in [-0.1, -0.05) is 52.4 Å². The van der Waals surface area contributed by atoms with Gasteiger partial charge in [0.25, 0.3) is 0 Å². The van der Waals surface area contributed by atoms with Crippen LogP contribution in [0.4, 0.5) is 0 Å². The number of rotatable bonds is 8. The van der Waals surface area contributed by atoms with E-state index >= 15 is 0 Å². The van der Waals surface area contributed by atoms with Crippen LogP contribution in [0.25, 0.3) is 0 Å². The van der Waals surface area contributed by atoms with E-state index in [4.69, 9.17) is 0 Å². The minimum Gasteiger partial charge on any atom is -0.299 e. The number of unbranched alkanes of at least 4 members (excludes halogenated alkanes) is 3. The number of ketones is 1. The molecule has 0 aromatic heterocycles. The monoisotopic (exact) mass is 292 g/mol. The van der Waals surface area contributed by atoms with Gasteiger partial charge in [0.1, 0.15) is 5.78 Å². The SMILES string of the molecule is CCCCCC1CCC2C[C@H](C(=O)CCCC)CC[C@@H]2C1. The Morgan fingerprint density at radius 3 is 2.33 bits per heavy atom. The lowest BCUT2D eigenvalue weighted by atomic mass is 9.63. The molecule has 0 aliphatic heterocycles. The van der Waals surface area contributed by atoms with Gasteiger partial charge in [0, 0.05) is 12.3 Å². The summed E-state index contributed by atoms with van der Waals surface area (Å²) < 4.78 is 0. The molecule has 21 heavy (non-hydrogen) atoms. The van der Waals surface area contributed by atoms with E-state index < -0.39 is 0 Å². The van der Waals surface area contributed by atoms with Gasteiger partial charge in [-0.3, -0.25) is 4.79 Å². The second-order valence-corrected chi connectivity index (χ2v) is 7.77. The normalized spacial score (nSPS) is 32.7. The molecule has 4 atom stereocenters. The molecule has 1 nitrogen and oxygen atoms in total. The van der Waals surface area contributed by atoms with Gasteiger partial charge in [0.15, 0.2) is 0 Å². The van der Waals surface area contributed by atoms with Crippen molar-refractivity contribution < 1.29 is 4.79 Å². The second kappa shape index (κ2) is 8.96. The van der Waals surface area contributed by atoms with Gasteiger partial charge >= 0.3 is 0 Å². The minimum atomic E-state index is 0.425. The molecule has 0 saturated heterocycles. The van der Waals surface area contributed by atoms with Crippen LogP contribution in [0.5, 0.6) is 0 Å². The number of carbonyl (C=O) groups excluding carboxylic acids is 1. The molecule has 1 heteroatoms. The molecule has 0 N–H and O–H groups in total. The molecule has 2 saturated carbocycles. The van der Waals surface area contributed by atoms with E-state index in [1.165, 1.54) is 64.2 Å². The molecule has 0 bridgehead atoms. The Morgan fingerprint density at radius 2 is 1.57 bits per heavy atom. The van der Waals surface area contributed by atoms with Crippen LogP contribution in [0.3, 0.4) is 0 Å². The van der Waals surface area contributed by atoms with Crippen molar-refractivity contribution in [2.45, 2.75) is 97.3 Å². The van der Waals surface area contributed by atoms with Gasteiger partial charge in [-0.2, -0.15) is 0 Å². The Bertz CT molecular complexity index is 309. The van der Waals surface area contributed by atoms with Gasteiger partial charge in [0.2, 0.25) is 0 Å². The Balaban J connectivity index is 1.73. The molecule has 0 radical (unpaired) electrons. The first-order valence-corrected chi connectivity index (χ1v) is 9.77. The van der Waals surface area contributed by atoms with Crippen LogP contribution in [-0.4, -0.2) is 5.78 Å². The molecule has 2 aliphatic rings. The van der Waals surface area contributed by atoms with E-state index in [-0.39, 0.29) is 0 Å². The molecule has 122 valence electrons. The summed E-state index contributed by atoms with van der Waals surface area (Å²) in [4.78, 5) is 12.3. The van der Waals surface area contributed by atoms with Crippen molar-refractivity contribution >= 4 is 5.78 Å². The van der Waals surface area contributed by atoms with Gasteiger partial charge in [0.05, 0.1) is 0 Å². The summed E-state index contributed by atoms with van der Waals surface area (Å²) in [6.07, 6.45) is 16.9. The molecule has 0 aromatic carbocycles. The van der Waals surface area contributed by atoms with Crippen LogP contribution in [0.2, 0.25) is 0 Å². The third kappa shape index (κ3) is 5.11. The van der Waals surface area contributed by atoms with Crippen molar-refractivity contribution in [1.29, 1.82) is 0 Å². The third-order valence-corrected chi connectivity index (χ3v) is 6.17. The van der Waals surface area contributed by atoms with E-state index in [1.807, 2.05) is 0 Å². The third-order valence-electron chi connectivity index (χ3n) is 6.17. The average Bonchev–Trinajstić information content (AvgIpc) is 2.52. The summed E-state index contributed by atoms with van der Waals surface area (Å²) in [5.74, 6) is 3.86. The number of hydrogen-bond donors (Lipinski definition) is 0. The number of Topliss-reactive ketones (excluding diaryl/α,β-unsaturated/α-hetero) is 1. The first kappa shape index (κ1) is 17.0. The van der Waals surface area contributed by atoms with Gasteiger partial charge in [-0.15, -0.1) is 0 Å². The quantitative estimate of drug-likeness (QED) is 0.490. The van der Waals surface area contributed by atoms with E-state index in [0.29, 0.717) is 11.7 Å². The molecular formula is C20H36O. The Kier molecular flexibility index (Phi) is 7.26. The molecule has 0 spiro atoms. The van der Waals surface area contributed by atoms with Crippen LogP contribution in [-0.2, 0) is 4.79 Å². The fourth-order valence-electron chi connectivity index (χ4n) is 4.78. The van der Waals surface area contributed by atoms with Crippen LogP contribution in [0.1, 0.15) is 97.3 Å². The van der Waals surface area contributed by atoms with E-state index in [1.54, 1.807) is 0 Å². The molecule has 2 rings (SSSR count). The summed E-state index contributed by atoms with van der Waals surface area (Å²) >= 11 is 0. The van der Waals surface area contributed by atoms with E-state index in [9.17, 15) is 4.79 Å². The van der Waals surface area contributed by atoms with Gasteiger partial charge < -0.3 is 0 Å². The van der Waals surface area contributed by atoms with E-state index in [2.05, 4.69) is 13.8 Å². The smallest absolute Gasteiger partial charge is 0.135 e. The Hall–Kier alpha value is -0.330. The fourth-order valence-corrected chi connectivity index (χ4v) is 4.78. The lowest BCUT2D eigenvalue weighted by Crippen LogP contribution is -2.33. The standard InChI is InChI=1S/C20H36O/c1-3-5-7-8-16-10-11-18-15-19(13-12-17(18)14-16)20(21)9-6-4-2/h16-19H,3-15H2,1-2H3/t16?,17-,18?,19-/m1/s1. The first-order chi connectivity index (χ1) is 10.2. The lowest BCUT2D eigenvalue weighted by molar-refractivity contribution is -0.125. The molecule has 2 aliphatic carbocycles. The van der Waals surface area contributed by atoms with Gasteiger partial charge in [-0.25, -0.2) is 0 Å². The number of fused-ring (bicyclic) bond motifs is 1.